The van der Waals surface area contributed by atoms with E-state index in [0.717, 1.165) is 51.5 Å². The first kappa shape index (κ1) is 28.8. The number of aliphatic hydroxyl groups excluding tert-OH is 3. The maximum atomic E-state index is 11.8. The topological polar surface area (TPSA) is 93.0 Å². The minimum atomic E-state index is -0.791. The second-order valence-corrected chi connectivity index (χ2v) is 16.1. The van der Waals surface area contributed by atoms with Crippen molar-refractivity contribution in [3.63, 3.8) is 0 Å². The molecule has 0 unspecified atom stereocenters. The molecule has 0 heterocycles. The summed E-state index contributed by atoms with van der Waals surface area (Å²) in [6.07, 6.45) is 5.31. The van der Waals surface area contributed by atoms with Gasteiger partial charge in [-0.3, -0.25) is 0 Å². The van der Waals surface area contributed by atoms with Crippen molar-refractivity contribution in [2.24, 2.45) is 45.3 Å². The number of aliphatic hydroxyl groups is 4. The Kier molecular flexibility index (Phi) is 7.13. The molecule has 4 rings (SSSR count). The van der Waals surface area contributed by atoms with E-state index in [4.69, 9.17) is 0 Å². The Labute approximate surface area is 220 Å². The molecule has 4 aliphatic carbocycles. The van der Waals surface area contributed by atoms with E-state index in [2.05, 4.69) is 60.7 Å². The Balaban J connectivity index is 1.60. The lowest BCUT2D eigenvalue weighted by atomic mass is 9.35. The van der Waals surface area contributed by atoms with Crippen LogP contribution in [0.3, 0.4) is 0 Å². The number of fused-ring (bicyclic) bond motifs is 5. The van der Waals surface area contributed by atoms with Crippen LogP contribution in [0.5, 0.6) is 0 Å². The second kappa shape index (κ2) is 8.91. The van der Waals surface area contributed by atoms with Gasteiger partial charge in [0.2, 0.25) is 0 Å². The molecule has 0 aromatic carbocycles. The highest BCUT2D eigenvalue weighted by Crippen LogP contribution is 2.75. The Morgan fingerprint density at radius 1 is 0.833 bits per heavy atom. The van der Waals surface area contributed by atoms with Gasteiger partial charge in [-0.05, 0) is 131 Å². The van der Waals surface area contributed by atoms with Gasteiger partial charge in [-0.1, -0.05) is 34.6 Å². The molecule has 36 heavy (non-hydrogen) atoms. The van der Waals surface area contributed by atoms with Crippen molar-refractivity contribution in [3.8, 4) is 0 Å². The zero-order chi connectivity index (χ0) is 27.1. The molecule has 0 radical (unpaired) electrons. The Morgan fingerprint density at radius 2 is 1.44 bits per heavy atom. The normalized spacial score (nSPS) is 50.1. The zero-order valence-corrected chi connectivity index (χ0v) is 24.7. The molecular formula is C31H57NO4. The van der Waals surface area contributed by atoms with E-state index in [1.54, 1.807) is 0 Å². The van der Waals surface area contributed by atoms with Gasteiger partial charge < -0.3 is 25.7 Å². The highest BCUT2D eigenvalue weighted by atomic mass is 16.3. The van der Waals surface area contributed by atoms with Crippen molar-refractivity contribution in [2.75, 3.05) is 6.54 Å². The molecule has 5 nitrogen and oxygen atoms in total. The van der Waals surface area contributed by atoms with Crippen LogP contribution < -0.4 is 5.32 Å². The number of hydrogen-bond acceptors (Lipinski definition) is 5. The third-order valence-corrected chi connectivity index (χ3v) is 12.6. The molecule has 11 atom stereocenters. The van der Waals surface area contributed by atoms with Gasteiger partial charge in [0.25, 0.3) is 0 Å². The van der Waals surface area contributed by atoms with Crippen molar-refractivity contribution >= 4 is 0 Å². The van der Waals surface area contributed by atoms with E-state index in [0.29, 0.717) is 18.3 Å². The van der Waals surface area contributed by atoms with E-state index in [1.807, 2.05) is 6.92 Å². The average Bonchev–Trinajstić information content (AvgIpc) is 3.12. The fourth-order valence-corrected chi connectivity index (χ4v) is 10.7. The quantitative estimate of drug-likeness (QED) is 0.342. The Bertz CT molecular complexity index is 820. The summed E-state index contributed by atoms with van der Waals surface area (Å²) in [5, 5.41) is 49.0. The number of rotatable bonds is 5. The Hall–Kier alpha value is -0.200. The molecule has 0 bridgehead atoms. The van der Waals surface area contributed by atoms with Gasteiger partial charge in [0.05, 0.1) is 23.9 Å². The fraction of sp³-hybridized carbons (Fsp3) is 1.00. The molecule has 0 aromatic heterocycles. The van der Waals surface area contributed by atoms with Crippen molar-refractivity contribution < 1.29 is 20.4 Å². The number of hydrogen-bond donors (Lipinski definition) is 5. The zero-order valence-electron chi connectivity index (χ0n) is 24.7. The molecule has 0 aliphatic heterocycles. The van der Waals surface area contributed by atoms with Crippen LogP contribution in [0, 0.1) is 45.3 Å². The first-order chi connectivity index (χ1) is 16.3. The molecule has 5 heteroatoms. The van der Waals surface area contributed by atoms with Crippen molar-refractivity contribution in [1.29, 1.82) is 0 Å². The molecule has 4 saturated carbocycles. The second-order valence-electron chi connectivity index (χ2n) is 16.1. The van der Waals surface area contributed by atoms with Crippen LogP contribution in [0.4, 0.5) is 0 Å². The predicted octanol–water partition coefficient (Wildman–Crippen LogP) is 4.89. The minimum absolute atomic E-state index is 0.0405. The third kappa shape index (κ3) is 4.22. The van der Waals surface area contributed by atoms with Gasteiger partial charge >= 0.3 is 0 Å². The lowest BCUT2D eigenvalue weighted by Crippen LogP contribution is -2.68. The van der Waals surface area contributed by atoms with Crippen molar-refractivity contribution in [3.05, 3.63) is 0 Å². The van der Waals surface area contributed by atoms with Gasteiger partial charge in [0.15, 0.2) is 0 Å². The maximum Gasteiger partial charge on any atom is 0.0852 e. The summed E-state index contributed by atoms with van der Waals surface area (Å²) in [6, 6.07) is 0. The monoisotopic (exact) mass is 507 g/mol. The van der Waals surface area contributed by atoms with Crippen LogP contribution in [0.1, 0.15) is 114 Å². The lowest BCUT2D eigenvalue weighted by Gasteiger charge is -2.71. The molecule has 0 spiro atoms. The van der Waals surface area contributed by atoms with E-state index >= 15 is 0 Å². The van der Waals surface area contributed by atoms with E-state index < -0.39 is 23.9 Å². The summed E-state index contributed by atoms with van der Waals surface area (Å²) in [7, 11) is 0. The van der Waals surface area contributed by atoms with Gasteiger partial charge in [0, 0.05) is 5.54 Å². The van der Waals surface area contributed by atoms with Crippen molar-refractivity contribution in [2.45, 2.75) is 143 Å². The van der Waals surface area contributed by atoms with E-state index in [9.17, 15) is 20.4 Å². The predicted molar refractivity (Wildman–Crippen MR) is 145 cm³/mol. The summed E-state index contributed by atoms with van der Waals surface area (Å²) < 4.78 is 0. The largest absolute Gasteiger partial charge is 0.393 e. The summed E-state index contributed by atoms with van der Waals surface area (Å²) in [4.78, 5) is 0. The smallest absolute Gasteiger partial charge is 0.0852 e. The van der Waals surface area contributed by atoms with Crippen LogP contribution in [0.25, 0.3) is 0 Å². The minimum Gasteiger partial charge on any atom is -0.393 e. The third-order valence-electron chi connectivity index (χ3n) is 12.6. The maximum absolute atomic E-state index is 11.8. The first-order valence-corrected chi connectivity index (χ1v) is 14.8. The first-order valence-electron chi connectivity index (χ1n) is 14.8. The lowest BCUT2D eigenvalue weighted by molar-refractivity contribution is -0.263. The number of nitrogens with one attached hydrogen (secondary N) is 1. The summed E-state index contributed by atoms with van der Waals surface area (Å²) >= 11 is 0. The fourth-order valence-electron chi connectivity index (χ4n) is 10.7. The SMILES string of the molecule is CC(C)(C)NCCC[C@](C)(O)[C@H]1CC[C@]2(C)[C@@H]1[C@H](O)C[C@@H]1[C@@]3(C)C[C@@H](O)[C@H](O)C(C)(C)[C@@H]3CC[C@]12C. The molecule has 4 aliphatic rings. The highest BCUT2D eigenvalue weighted by molar-refractivity contribution is 5.20. The van der Waals surface area contributed by atoms with Crippen molar-refractivity contribution in [1.82, 2.24) is 5.32 Å². The molecule has 0 aromatic rings. The van der Waals surface area contributed by atoms with E-state index in [-0.39, 0.29) is 39.0 Å². The molecule has 0 amide bonds. The molecule has 210 valence electrons. The molecular weight excluding hydrogens is 450 g/mol. The van der Waals surface area contributed by atoms with Crippen LogP contribution in [0.2, 0.25) is 0 Å². The summed E-state index contributed by atoms with van der Waals surface area (Å²) in [6.45, 7) is 20.9. The van der Waals surface area contributed by atoms with Crippen LogP contribution in [-0.2, 0) is 0 Å². The van der Waals surface area contributed by atoms with Crippen LogP contribution in [-0.4, -0.2) is 56.4 Å². The van der Waals surface area contributed by atoms with Gasteiger partial charge in [0.1, 0.15) is 0 Å². The standard InChI is InChI=1S/C31H57NO4/c1-26(2,3)32-16-10-13-31(9,36)19-11-14-30(8)24(19)20(33)17-23-28(6)18-21(34)25(35)27(4,5)22(28)12-15-29(23,30)7/h19-25,32-36H,10-18H2,1-9H3/t19-,20+,21+,22-,23+,24-,25-,28-,29+,30+,31-/m0/s1. The summed E-state index contributed by atoms with van der Waals surface area (Å²) in [5.41, 5.74) is -1.19. The average molecular weight is 508 g/mol. The van der Waals surface area contributed by atoms with Crippen LogP contribution in [0.15, 0.2) is 0 Å². The molecule has 5 N–H and O–H groups in total. The molecule has 0 saturated heterocycles. The van der Waals surface area contributed by atoms with Gasteiger partial charge in [-0.15, -0.1) is 0 Å². The van der Waals surface area contributed by atoms with E-state index in [1.165, 1.54) is 0 Å². The Morgan fingerprint density at radius 3 is 2.06 bits per heavy atom. The van der Waals surface area contributed by atoms with Crippen LogP contribution >= 0.6 is 0 Å². The van der Waals surface area contributed by atoms with Gasteiger partial charge in [-0.25, -0.2) is 0 Å². The highest BCUT2D eigenvalue weighted by Gasteiger charge is 2.72. The summed E-state index contributed by atoms with van der Waals surface area (Å²) in [5.74, 6) is 0.813. The van der Waals surface area contributed by atoms with Gasteiger partial charge in [-0.2, -0.15) is 0 Å². The molecule has 4 fully saturated rings.